The number of nitrogens with two attached hydrogens (primary N) is 1. The third-order valence-corrected chi connectivity index (χ3v) is 3.19. The third kappa shape index (κ3) is 3.01. The van der Waals surface area contributed by atoms with E-state index < -0.39 is 5.67 Å². The van der Waals surface area contributed by atoms with Crippen LogP contribution in [-0.4, -0.2) is 15.0 Å². The van der Waals surface area contributed by atoms with Crippen molar-refractivity contribution in [1.29, 1.82) is 0 Å². The van der Waals surface area contributed by atoms with Crippen LogP contribution in [0.1, 0.15) is 25.2 Å². The van der Waals surface area contributed by atoms with Crippen LogP contribution in [0.4, 0.5) is 22.0 Å². The summed E-state index contributed by atoms with van der Waals surface area (Å²) in [4.78, 5) is 11.9. The molecule has 0 spiro atoms. The van der Waals surface area contributed by atoms with Crippen molar-refractivity contribution in [3.63, 3.8) is 0 Å². The molecule has 0 unspecified atom stereocenters. The van der Waals surface area contributed by atoms with Crippen molar-refractivity contribution in [2.75, 3.05) is 11.1 Å². The second kappa shape index (κ2) is 5.38. The molecule has 1 aromatic heterocycles. The van der Waals surface area contributed by atoms with E-state index in [4.69, 9.17) is 15.2 Å². The van der Waals surface area contributed by atoms with E-state index in [1.165, 1.54) is 26.4 Å². The van der Waals surface area contributed by atoms with E-state index in [1.54, 1.807) is 6.07 Å². The Bertz CT molecular complexity index is 786. The quantitative estimate of drug-likeness (QED) is 0.898. The Hall–Kier alpha value is -2.90. The van der Waals surface area contributed by atoms with Gasteiger partial charge >= 0.3 is 0 Å². The highest BCUT2D eigenvalue weighted by Gasteiger charge is 2.25. The Labute approximate surface area is 132 Å². The highest BCUT2D eigenvalue weighted by Crippen LogP contribution is 2.41. The second-order valence-electron chi connectivity index (χ2n) is 5.53. The zero-order valence-corrected chi connectivity index (χ0v) is 12.9. The van der Waals surface area contributed by atoms with Crippen LogP contribution in [0.2, 0.25) is 0 Å². The summed E-state index contributed by atoms with van der Waals surface area (Å²) in [6, 6.07) is 3.64. The van der Waals surface area contributed by atoms with Crippen molar-refractivity contribution in [3.05, 3.63) is 36.0 Å². The number of nitrogens with zero attached hydrogens (tertiary/aromatic N) is 3. The molecule has 2 heterocycles. The van der Waals surface area contributed by atoms with Crippen molar-refractivity contribution < 1.29 is 13.9 Å². The molecule has 0 aliphatic carbocycles. The number of alkyl halides is 1. The first-order valence-corrected chi connectivity index (χ1v) is 6.94. The monoisotopic (exact) mass is 317 g/mol. The van der Waals surface area contributed by atoms with Gasteiger partial charge in [0.1, 0.15) is 12.5 Å². The summed E-state index contributed by atoms with van der Waals surface area (Å²) < 4.78 is 24.9. The summed E-state index contributed by atoms with van der Waals surface area (Å²) in [5, 5.41) is 3.01. The SMILES string of the molecule is Cc1ccc2c(c1Nc1nc(N)nc(C(C)(C)F)n1)OC=CO2. The van der Waals surface area contributed by atoms with Crippen LogP contribution in [0, 0.1) is 6.92 Å². The molecule has 1 aliphatic rings. The van der Waals surface area contributed by atoms with Gasteiger partial charge in [-0.05, 0) is 32.4 Å². The van der Waals surface area contributed by atoms with Gasteiger partial charge in [0.15, 0.2) is 23.0 Å². The van der Waals surface area contributed by atoms with Gasteiger partial charge in [0.05, 0.1) is 5.69 Å². The molecule has 0 radical (unpaired) electrons. The highest BCUT2D eigenvalue weighted by molar-refractivity contribution is 5.72. The lowest BCUT2D eigenvalue weighted by atomic mass is 10.1. The lowest BCUT2D eigenvalue weighted by Crippen LogP contribution is -2.18. The number of rotatable bonds is 3. The van der Waals surface area contributed by atoms with Gasteiger partial charge in [-0.25, -0.2) is 4.39 Å². The van der Waals surface area contributed by atoms with E-state index >= 15 is 0 Å². The fraction of sp³-hybridized carbons (Fsp3) is 0.267. The molecular weight excluding hydrogens is 301 g/mol. The molecule has 7 nitrogen and oxygen atoms in total. The average molecular weight is 317 g/mol. The zero-order chi connectivity index (χ0) is 16.6. The smallest absolute Gasteiger partial charge is 0.232 e. The molecule has 3 rings (SSSR count). The van der Waals surface area contributed by atoms with Crippen LogP contribution in [0.5, 0.6) is 11.5 Å². The van der Waals surface area contributed by atoms with Gasteiger partial charge in [-0.15, -0.1) is 0 Å². The van der Waals surface area contributed by atoms with Crippen molar-refractivity contribution in [2.45, 2.75) is 26.4 Å². The van der Waals surface area contributed by atoms with Crippen LogP contribution in [0.3, 0.4) is 0 Å². The molecule has 0 saturated heterocycles. The van der Waals surface area contributed by atoms with Gasteiger partial charge in [-0.1, -0.05) is 6.07 Å². The first-order chi connectivity index (χ1) is 10.8. The van der Waals surface area contributed by atoms with Crippen LogP contribution in [0.25, 0.3) is 0 Å². The first-order valence-electron chi connectivity index (χ1n) is 6.94. The average Bonchev–Trinajstić information content (AvgIpc) is 2.49. The number of ether oxygens (including phenoxy) is 2. The van der Waals surface area contributed by atoms with Crippen molar-refractivity contribution in [2.24, 2.45) is 0 Å². The summed E-state index contributed by atoms with van der Waals surface area (Å²) in [5.74, 6) is 1.06. The molecular formula is C15H16FN5O2. The lowest BCUT2D eigenvalue weighted by molar-refractivity contribution is 0.206. The standard InChI is InChI=1S/C15H16FN5O2/c1-8-4-5-9-11(23-7-6-22-9)10(8)18-14-20-12(15(2,3)16)19-13(17)21-14/h4-7H,1-3H3,(H3,17,18,19,20,21). The number of hydrogen-bond acceptors (Lipinski definition) is 7. The molecule has 1 aliphatic heterocycles. The third-order valence-electron chi connectivity index (χ3n) is 3.19. The molecule has 1 aromatic carbocycles. The maximum atomic E-state index is 14.1. The minimum Gasteiger partial charge on any atom is -0.458 e. The van der Waals surface area contributed by atoms with Gasteiger partial charge in [-0.2, -0.15) is 15.0 Å². The van der Waals surface area contributed by atoms with Crippen LogP contribution in [0.15, 0.2) is 24.7 Å². The van der Waals surface area contributed by atoms with E-state index in [0.717, 1.165) is 5.56 Å². The van der Waals surface area contributed by atoms with Crippen molar-refractivity contribution in [3.8, 4) is 11.5 Å². The number of anilines is 3. The van der Waals surface area contributed by atoms with E-state index in [2.05, 4.69) is 20.3 Å². The second-order valence-corrected chi connectivity index (χ2v) is 5.53. The predicted molar refractivity (Wildman–Crippen MR) is 83.2 cm³/mol. The zero-order valence-electron chi connectivity index (χ0n) is 12.9. The first kappa shape index (κ1) is 15.0. The normalized spacial score (nSPS) is 13.0. The van der Waals surface area contributed by atoms with Crippen LogP contribution < -0.4 is 20.5 Å². The number of nitrogen functional groups attached to an aromatic ring is 1. The van der Waals surface area contributed by atoms with Crippen LogP contribution in [-0.2, 0) is 5.67 Å². The fourth-order valence-corrected chi connectivity index (χ4v) is 2.05. The molecule has 0 bridgehead atoms. The number of benzene rings is 1. The number of halogens is 1. The summed E-state index contributed by atoms with van der Waals surface area (Å²) >= 11 is 0. The van der Waals surface area contributed by atoms with Gasteiger partial charge in [0.2, 0.25) is 11.9 Å². The fourth-order valence-electron chi connectivity index (χ4n) is 2.05. The Morgan fingerprint density at radius 1 is 1.13 bits per heavy atom. The molecule has 120 valence electrons. The molecule has 0 amide bonds. The number of fused-ring (bicyclic) bond motifs is 1. The number of aromatic nitrogens is 3. The van der Waals surface area contributed by atoms with Gasteiger partial charge in [0, 0.05) is 0 Å². The predicted octanol–water partition coefficient (Wildman–Crippen LogP) is 2.95. The minimum absolute atomic E-state index is 0.0491. The van der Waals surface area contributed by atoms with Gasteiger partial charge in [0.25, 0.3) is 0 Å². The maximum absolute atomic E-state index is 14.1. The van der Waals surface area contributed by atoms with Crippen molar-refractivity contribution >= 4 is 17.6 Å². The summed E-state index contributed by atoms with van der Waals surface area (Å²) in [6.45, 7) is 4.58. The molecule has 0 atom stereocenters. The van der Waals surface area contributed by atoms with E-state index in [9.17, 15) is 4.39 Å². The Kier molecular flexibility index (Phi) is 3.51. The maximum Gasteiger partial charge on any atom is 0.232 e. The number of hydrogen-bond donors (Lipinski definition) is 2. The topological polar surface area (TPSA) is 95.2 Å². The molecule has 0 saturated carbocycles. The van der Waals surface area contributed by atoms with E-state index in [-0.39, 0.29) is 17.7 Å². The van der Waals surface area contributed by atoms with Gasteiger partial charge < -0.3 is 20.5 Å². The highest BCUT2D eigenvalue weighted by atomic mass is 19.1. The summed E-state index contributed by atoms with van der Waals surface area (Å²) in [5.41, 5.74) is 5.40. The molecule has 23 heavy (non-hydrogen) atoms. The number of aryl methyl sites for hydroxylation is 1. The summed E-state index contributed by atoms with van der Waals surface area (Å²) in [6.07, 6.45) is 2.86. The van der Waals surface area contributed by atoms with Crippen LogP contribution >= 0.6 is 0 Å². The minimum atomic E-state index is -1.74. The molecule has 8 heteroatoms. The van der Waals surface area contributed by atoms with Gasteiger partial charge in [-0.3, -0.25) is 0 Å². The molecule has 0 fully saturated rings. The number of nitrogens with one attached hydrogen (secondary N) is 1. The van der Waals surface area contributed by atoms with E-state index in [1.807, 2.05) is 13.0 Å². The van der Waals surface area contributed by atoms with E-state index in [0.29, 0.717) is 17.2 Å². The Morgan fingerprint density at radius 3 is 2.61 bits per heavy atom. The Balaban J connectivity index is 2.02. The Morgan fingerprint density at radius 2 is 1.87 bits per heavy atom. The largest absolute Gasteiger partial charge is 0.458 e. The molecule has 2 aromatic rings. The molecule has 3 N–H and O–H groups in total. The summed E-state index contributed by atoms with van der Waals surface area (Å²) in [7, 11) is 0. The lowest BCUT2D eigenvalue weighted by Gasteiger charge is -2.19. The van der Waals surface area contributed by atoms with Crippen molar-refractivity contribution in [1.82, 2.24) is 15.0 Å².